The minimum absolute atomic E-state index is 0.275. The molecule has 1 aromatic carbocycles. The fourth-order valence-corrected chi connectivity index (χ4v) is 3.42. The number of amides is 2. The zero-order chi connectivity index (χ0) is 16.2. The molecule has 6 heteroatoms. The molecule has 118 valence electrons. The Kier molecular flexibility index (Phi) is 4.73. The normalized spacial score (nSPS) is 10.7. The van der Waals surface area contributed by atoms with Crippen LogP contribution in [-0.4, -0.2) is 11.0 Å². The van der Waals surface area contributed by atoms with Gasteiger partial charge in [-0.15, -0.1) is 22.7 Å². The summed E-state index contributed by atoms with van der Waals surface area (Å²) in [6, 6.07) is 11.9. The van der Waals surface area contributed by atoms with Crippen molar-refractivity contribution in [1.82, 2.24) is 4.98 Å². The van der Waals surface area contributed by atoms with Crippen LogP contribution in [-0.2, 0) is 0 Å². The number of nitrogens with zero attached hydrogens (tertiary/aromatic N) is 1. The summed E-state index contributed by atoms with van der Waals surface area (Å²) in [6.07, 6.45) is 0. The number of rotatable bonds is 4. The Morgan fingerprint density at radius 2 is 1.87 bits per heavy atom. The van der Waals surface area contributed by atoms with E-state index in [1.165, 1.54) is 28.2 Å². The minimum atomic E-state index is -0.275. The molecule has 0 bridgehead atoms. The number of aromatic nitrogens is 1. The molecule has 2 N–H and O–H groups in total. The first kappa shape index (κ1) is 15.7. The van der Waals surface area contributed by atoms with Crippen molar-refractivity contribution in [3.05, 3.63) is 52.7 Å². The maximum absolute atomic E-state index is 11.9. The summed E-state index contributed by atoms with van der Waals surface area (Å²) in [6.45, 7) is 4.35. The van der Waals surface area contributed by atoms with Crippen LogP contribution in [0, 0.1) is 0 Å². The average molecular weight is 343 g/mol. The van der Waals surface area contributed by atoms with Crippen LogP contribution in [0.1, 0.15) is 25.3 Å². The molecule has 0 radical (unpaired) electrons. The molecule has 2 amide bonds. The Hall–Kier alpha value is -2.18. The first-order chi connectivity index (χ1) is 11.1. The van der Waals surface area contributed by atoms with Gasteiger partial charge in [0, 0.05) is 10.9 Å². The molecule has 0 fully saturated rings. The Bertz CT molecular complexity index is 777. The third-order valence-corrected chi connectivity index (χ3v) is 4.90. The van der Waals surface area contributed by atoms with Crippen LogP contribution in [0.25, 0.3) is 11.3 Å². The number of anilines is 2. The molecule has 0 aliphatic heterocycles. The predicted molar refractivity (Wildman–Crippen MR) is 98.6 cm³/mol. The van der Waals surface area contributed by atoms with Gasteiger partial charge in [-0.2, -0.15) is 0 Å². The molecule has 3 rings (SSSR count). The van der Waals surface area contributed by atoms with Gasteiger partial charge in [0.05, 0.1) is 10.7 Å². The van der Waals surface area contributed by atoms with Gasteiger partial charge in [-0.1, -0.05) is 38.1 Å². The lowest BCUT2D eigenvalue weighted by Crippen LogP contribution is -2.18. The molecule has 0 unspecified atom stereocenters. The van der Waals surface area contributed by atoms with Crippen LogP contribution in [0.2, 0.25) is 0 Å². The number of urea groups is 1. The SMILES string of the molecule is CC(C)c1ccc(-c2csc(NC(=O)Nc3cccs3)n2)cc1. The lowest BCUT2D eigenvalue weighted by Gasteiger charge is -2.05. The van der Waals surface area contributed by atoms with E-state index >= 15 is 0 Å². The topological polar surface area (TPSA) is 54.0 Å². The molecule has 0 aliphatic carbocycles. The molecule has 2 heterocycles. The van der Waals surface area contributed by atoms with Crippen molar-refractivity contribution in [2.75, 3.05) is 10.6 Å². The Morgan fingerprint density at radius 3 is 2.52 bits per heavy atom. The van der Waals surface area contributed by atoms with Crippen LogP contribution in [0.4, 0.5) is 14.9 Å². The van der Waals surface area contributed by atoms with Crippen molar-refractivity contribution < 1.29 is 4.79 Å². The van der Waals surface area contributed by atoms with E-state index in [4.69, 9.17) is 0 Å². The predicted octanol–water partition coefficient (Wildman–Crippen LogP) is 5.64. The fraction of sp³-hybridized carbons (Fsp3) is 0.176. The molecule has 0 atom stereocenters. The monoisotopic (exact) mass is 343 g/mol. The van der Waals surface area contributed by atoms with E-state index in [0.29, 0.717) is 11.0 Å². The smallest absolute Gasteiger partial charge is 0.299 e. The van der Waals surface area contributed by atoms with Crippen molar-refractivity contribution in [2.45, 2.75) is 19.8 Å². The standard InChI is InChI=1S/C17H17N3OS2/c1-11(2)12-5-7-13(8-6-12)14-10-23-17(18-14)20-16(21)19-15-4-3-9-22-15/h3-11H,1-2H3,(H2,18,19,20,21). The number of hydrogen-bond donors (Lipinski definition) is 2. The highest BCUT2D eigenvalue weighted by molar-refractivity contribution is 7.14. The number of carbonyl (C=O) groups is 1. The third-order valence-electron chi connectivity index (χ3n) is 3.36. The van der Waals surface area contributed by atoms with E-state index in [1.54, 1.807) is 0 Å². The summed E-state index contributed by atoms with van der Waals surface area (Å²) in [5.41, 5.74) is 3.23. The van der Waals surface area contributed by atoms with E-state index in [-0.39, 0.29) is 6.03 Å². The van der Waals surface area contributed by atoms with E-state index in [2.05, 4.69) is 53.7 Å². The van der Waals surface area contributed by atoms with Crippen LogP contribution in [0.3, 0.4) is 0 Å². The van der Waals surface area contributed by atoms with Gasteiger partial charge in [-0.3, -0.25) is 10.6 Å². The fourth-order valence-electron chi connectivity index (χ4n) is 2.09. The molecule has 3 aromatic rings. The second-order valence-corrected chi connectivity index (χ2v) is 7.18. The number of carbonyl (C=O) groups excluding carboxylic acids is 1. The highest BCUT2D eigenvalue weighted by atomic mass is 32.1. The summed E-state index contributed by atoms with van der Waals surface area (Å²) >= 11 is 2.89. The Balaban J connectivity index is 1.66. The quantitative estimate of drug-likeness (QED) is 0.644. The summed E-state index contributed by atoms with van der Waals surface area (Å²) < 4.78 is 0. The highest BCUT2D eigenvalue weighted by Gasteiger charge is 2.09. The van der Waals surface area contributed by atoms with Crippen LogP contribution < -0.4 is 10.6 Å². The van der Waals surface area contributed by atoms with Crippen LogP contribution in [0.15, 0.2) is 47.2 Å². The van der Waals surface area contributed by atoms with Gasteiger partial charge in [0.15, 0.2) is 5.13 Å². The van der Waals surface area contributed by atoms with Crippen molar-refractivity contribution >= 4 is 38.8 Å². The molecule has 2 aromatic heterocycles. The van der Waals surface area contributed by atoms with Crippen molar-refractivity contribution in [3.63, 3.8) is 0 Å². The largest absolute Gasteiger partial charge is 0.326 e. The minimum Gasteiger partial charge on any atom is -0.299 e. The Labute approximate surface area is 143 Å². The van der Waals surface area contributed by atoms with Gasteiger partial charge in [-0.25, -0.2) is 9.78 Å². The van der Waals surface area contributed by atoms with Gasteiger partial charge in [0.2, 0.25) is 0 Å². The summed E-state index contributed by atoms with van der Waals surface area (Å²) in [4.78, 5) is 16.4. The lowest BCUT2D eigenvalue weighted by molar-refractivity contribution is 0.262. The first-order valence-corrected chi connectivity index (χ1v) is 9.05. The highest BCUT2D eigenvalue weighted by Crippen LogP contribution is 2.26. The number of hydrogen-bond acceptors (Lipinski definition) is 4. The molecular formula is C17H17N3OS2. The molecule has 0 saturated heterocycles. The maximum atomic E-state index is 11.9. The molecule has 0 spiro atoms. The van der Waals surface area contributed by atoms with Crippen LogP contribution in [0.5, 0.6) is 0 Å². The van der Waals surface area contributed by atoms with Gasteiger partial charge in [0.25, 0.3) is 0 Å². The first-order valence-electron chi connectivity index (χ1n) is 7.29. The molecule has 0 aliphatic rings. The van der Waals surface area contributed by atoms with Crippen molar-refractivity contribution in [2.24, 2.45) is 0 Å². The second-order valence-electron chi connectivity index (χ2n) is 5.37. The number of benzene rings is 1. The van der Waals surface area contributed by atoms with E-state index in [1.807, 2.05) is 22.9 Å². The third kappa shape index (κ3) is 3.97. The van der Waals surface area contributed by atoms with Gasteiger partial charge in [0.1, 0.15) is 0 Å². The molecule has 23 heavy (non-hydrogen) atoms. The molecular weight excluding hydrogens is 326 g/mol. The number of thiophene rings is 1. The lowest BCUT2D eigenvalue weighted by atomic mass is 10.0. The average Bonchev–Trinajstić information content (AvgIpc) is 3.19. The summed E-state index contributed by atoms with van der Waals surface area (Å²) in [5.74, 6) is 0.512. The van der Waals surface area contributed by atoms with Crippen molar-refractivity contribution in [3.8, 4) is 11.3 Å². The summed E-state index contributed by atoms with van der Waals surface area (Å²) in [7, 11) is 0. The molecule has 0 saturated carbocycles. The van der Waals surface area contributed by atoms with Crippen molar-refractivity contribution in [1.29, 1.82) is 0 Å². The molecule has 4 nitrogen and oxygen atoms in total. The van der Waals surface area contributed by atoms with Gasteiger partial charge < -0.3 is 0 Å². The zero-order valence-corrected chi connectivity index (χ0v) is 14.5. The van der Waals surface area contributed by atoms with Gasteiger partial charge in [-0.05, 0) is 29.0 Å². The maximum Gasteiger partial charge on any atom is 0.326 e. The van der Waals surface area contributed by atoms with Crippen LogP contribution >= 0.6 is 22.7 Å². The number of nitrogens with one attached hydrogen (secondary N) is 2. The Morgan fingerprint density at radius 1 is 1.09 bits per heavy atom. The number of thiazole rings is 1. The van der Waals surface area contributed by atoms with E-state index < -0.39 is 0 Å². The van der Waals surface area contributed by atoms with E-state index in [9.17, 15) is 4.79 Å². The van der Waals surface area contributed by atoms with E-state index in [0.717, 1.165) is 16.3 Å². The zero-order valence-electron chi connectivity index (χ0n) is 12.9. The summed E-state index contributed by atoms with van der Waals surface area (Å²) in [5, 5.41) is 10.8. The second kappa shape index (κ2) is 6.93. The van der Waals surface area contributed by atoms with Gasteiger partial charge >= 0.3 is 6.03 Å².